The Kier molecular flexibility index (Phi) is 5.84. The van der Waals surface area contributed by atoms with Gasteiger partial charge in [-0.1, -0.05) is 49.7 Å². The Morgan fingerprint density at radius 3 is 2.17 bits per heavy atom. The second kappa shape index (κ2) is 7.92. The average molecular weight is 441 g/mol. The predicted molar refractivity (Wildman–Crippen MR) is 105 cm³/mol. The number of hydrogen-bond donors (Lipinski definition) is 3. The molecule has 9 heteroatoms. The summed E-state index contributed by atoms with van der Waals surface area (Å²) in [6.07, 6.45) is -5.30. The molecule has 5 nitrogen and oxygen atoms in total. The predicted octanol–water partition coefficient (Wildman–Crippen LogP) is 4.57. The third-order valence-electron chi connectivity index (χ3n) is 5.18. The van der Waals surface area contributed by atoms with Crippen molar-refractivity contribution in [1.82, 2.24) is 10.6 Å². The molecule has 1 aliphatic rings. The maximum atomic E-state index is 13.9. The van der Waals surface area contributed by atoms with Crippen molar-refractivity contribution < 1.29 is 27.9 Å². The lowest BCUT2D eigenvalue weighted by atomic mass is 9.77. The smallest absolute Gasteiger partial charge is 0.363 e. The van der Waals surface area contributed by atoms with Crippen LogP contribution >= 0.6 is 11.6 Å². The Morgan fingerprint density at radius 2 is 1.67 bits per heavy atom. The lowest BCUT2D eigenvalue weighted by Crippen LogP contribution is -2.72. The molecule has 1 heterocycles. The number of halogens is 4. The number of hydrogen-bond acceptors (Lipinski definition) is 3. The van der Waals surface area contributed by atoms with Crippen molar-refractivity contribution in [2.24, 2.45) is 5.92 Å². The molecular weight excluding hydrogens is 421 g/mol. The molecule has 1 fully saturated rings. The van der Waals surface area contributed by atoms with Gasteiger partial charge in [-0.05, 0) is 41.3 Å². The van der Waals surface area contributed by atoms with Crippen molar-refractivity contribution in [2.75, 3.05) is 0 Å². The molecule has 0 saturated carbocycles. The second-order valence-corrected chi connectivity index (χ2v) is 7.95. The van der Waals surface area contributed by atoms with Crippen LogP contribution in [0.5, 0.6) is 0 Å². The van der Waals surface area contributed by atoms with Crippen LogP contribution in [-0.4, -0.2) is 28.8 Å². The number of carbonyl (C=O) groups excluding carboxylic acids is 2. The number of amides is 2. The number of carbonyl (C=O) groups is 2. The molecule has 3 rings (SSSR count). The van der Waals surface area contributed by atoms with Crippen LogP contribution < -0.4 is 10.6 Å². The van der Waals surface area contributed by atoms with E-state index in [0.29, 0.717) is 5.02 Å². The van der Waals surface area contributed by atoms with Crippen LogP contribution in [0.2, 0.25) is 5.02 Å². The van der Waals surface area contributed by atoms with Crippen LogP contribution in [0.3, 0.4) is 0 Å². The molecule has 160 valence electrons. The largest absolute Gasteiger partial charge is 0.437 e. The number of nitrogens with one attached hydrogen (secondary N) is 2. The SMILES string of the molecule is CC(C)c1ccc(C2NC(=O)NC(O)(C(F)(F)F)C2C(=O)c2ccc(Cl)cc2)cc1. The molecule has 2 aromatic rings. The van der Waals surface area contributed by atoms with E-state index in [9.17, 15) is 27.9 Å². The number of rotatable bonds is 4. The fraction of sp³-hybridized carbons (Fsp3) is 0.333. The molecule has 2 aromatic carbocycles. The van der Waals surface area contributed by atoms with Gasteiger partial charge in [0.2, 0.25) is 5.72 Å². The minimum absolute atomic E-state index is 0.0752. The van der Waals surface area contributed by atoms with Crippen LogP contribution in [0, 0.1) is 5.92 Å². The summed E-state index contributed by atoms with van der Waals surface area (Å²) >= 11 is 5.80. The van der Waals surface area contributed by atoms with Crippen LogP contribution in [0.4, 0.5) is 18.0 Å². The zero-order valence-electron chi connectivity index (χ0n) is 16.1. The summed E-state index contributed by atoms with van der Waals surface area (Å²) < 4.78 is 41.6. The number of Topliss-reactive ketones (excluding diaryl/α,β-unsaturated/α-hetero) is 1. The maximum absolute atomic E-state index is 13.9. The highest BCUT2D eigenvalue weighted by Crippen LogP contribution is 2.44. The van der Waals surface area contributed by atoms with Gasteiger partial charge in [-0.25, -0.2) is 4.79 Å². The highest BCUT2D eigenvalue weighted by Gasteiger charge is 2.66. The molecule has 1 aliphatic heterocycles. The Balaban J connectivity index is 2.13. The minimum atomic E-state index is -5.30. The molecule has 0 aliphatic carbocycles. The van der Waals surface area contributed by atoms with Crippen LogP contribution in [0.25, 0.3) is 0 Å². The summed E-state index contributed by atoms with van der Waals surface area (Å²) in [7, 11) is 0. The van der Waals surface area contributed by atoms with E-state index in [0.717, 1.165) is 5.56 Å². The first-order valence-electron chi connectivity index (χ1n) is 9.21. The summed E-state index contributed by atoms with van der Waals surface area (Å²) in [5.74, 6) is -2.88. The lowest BCUT2D eigenvalue weighted by Gasteiger charge is -2.45. The molecule has 3 unspecified atom stereocenters. The second-order valence-electron chi connectivity index (χ2n) is 7.51. The van der Waals surface area contributed by atoms with E-state index in [-0.39, 0.29) is 17.0 Å². The summed E-state index contributed by atoms with van der Waals surface area (Å²) in [6.45, 7) is 3.91. The number of aliphatic hydroxyl groups is 1. The third kappa shape index (κ3) is 4.02. The van der Waals surface area contributed by atoms with E-state index >= 15 is 0 Å². The van der Waals surface area contributed by atoms with Gasteiger partial charge < -0.3 is 15.7 Å². The molecule has 0 bridgehead atoms. The summed E-state index contributed by atoms with van der Waals surface area (Å²) in [5, 5.41) is 14.7. The van der Waals surface area contributed by atoms with Crippen molar-refractivity contribution in [3.63, 3.8) is 0 Å². The van der Waals surface area contributed by atoms with Gasteiger partial charge in [0.15, 0.2) is 5.78 Å². The molecule has 2 amide bonds. The summed E-state index contributed by atoms with van der Waals surface area (Å²) in [6, 6.07) is 9.16. The Hall–Kier alpha value is -2.58. The van der Waals surface area contributed by atoms with Gasteiger partial charge in [0.05, 0.1) is 6.04 Å². The van der Waals surface area contributed by atoms with E-state index in [2.05, 4.69) is 5.32 Å². The van der Waals surface area contributed by atoms with Gasteiger partial charge in [0.1, 0.15) is 5.92 Å². The lowest BCUT2D eigenvalue weighted by molar-refractivity contribution is -0.287. The fourth-order valence-corrected chi connectivity index (χ4v) is 3.62. The van der Waals surface area contributed by atoms with Crippen molar-refractivity contribution >= 4 is 23.4 Å². The van der Waals surface area contributed by atoms with E-state index < -0.39 is 35.7 Å². The number of benzene rings is 2. The minimum Gasteiger partial charge on any atom is -0.363 e. The van der Waals surface area contributed by atoms with Crippen molar-refractivity contribution in [2.45, 2.75) is 37.7 Å². The Morgan fingerprint density at radius 1 is 1.10 bits per heavy atom. The molecule has 0 radical (unpaired) electrons. The third-order valence-corrected chi connectivity index (χ3v) is 5.43. The van der Waals surface area contributed by atoms with E-state index in [1.54, 1.807) is 24.3 Å². The number of urea groups is 1. The van der Waals surface area contributed by atoms with Crippen molar-refractivity contribution in [3.05, 3.63) is 70.2 Å². The molecule has 3 N–H and O–H groups in total. The van der Waals surface area contributed by atoms with Gasteiger partial charge in [-0.15, -0.1) is 0 Å². The molecular formula is C21H20ClF3N2O3. The molecule has 0 spiro atoms. The molecule has 3 atom stereocenters. The first kappa shape index (κ1) is 22.1. The van der Waals surface area contributed by atoms with Crippen molar-refractivity contribution in [3.8, 4) is 0 Å². The zero-order valence-corrected chi connectivity index (χ0v) is 16.9. The zero-order chi connectivity index (χ0) is 22.3. The van der Waals surface area contributed by atoms with Crippen molar-refractivity contribution in [1.29, 1.82) is 0 Å². The quantitative estimate of drug-likeness (QED) is 0.609. The Bertz CT molecular complexity index is 945. The standard InChI is InChI=1S/C21H20ClF3N2O3/c1-11(2)12-3-5-13(6-4-12)17-16(18(28)14-7-9-15(22)10-8-14)20(30,21(23,24)25)27-19(29)26-17/h3-11,16-17,30H,1-2H3,(H2,26,27,29). The molecule has 30 heavy (non-hydrogen) atoms. The van der Waals surface area contributed by atoms with Gasteiger partial charge in [0.25, 0.3) is 0 Å². The van der Waals surface area contributed by atoms with Crippen LogP contribution in [0.1, 0.15) is 47.3 Å². The van der Waals surface area contributed by atoms with Gasteiger partial charge in [-0.2, -0.15) is 13.2 Å². The highest BCUT2D eigenvalue weighted by molar-refractivity contribution is 6.30. The van der Waals surface area contributed by atoms with Crippen LogP contribution in [-0.2, 0) is 0 Å². The van der Waals surface area contributed by atoms with E-state index in [4.69, 9.17) is 11.6 Å². The average Bonchev–Trinajstić information content (AvgIpc) is 2.66. The normalized spacial score (nSPS) is 24.3. The van der Waals surface area contributed by atoms with Gasteiger partial charge in [0, 0.05) is 10.6 Å². The molecule has 0 aromatic heterocycles. The van der Waals surface area contributed by atoms with Crippen LogP contribution in [0.15, 0.2) is 48.5 Å². The monoisotopic (exact) mass is 440 g/mol. The fourth-order valence-electron chi connectivity index (χ4n) is 3.50. The first-order valence-corrected chi connectivity index (χ1v) is 9.59. The van der Waals surface area contributed by atoms with Gasteiger partial charge >= 0.3 is 12.2 Å². The Labute approximate surface area is 176 Å². The maximum Gasteiger partial charge on any atom is 0.437 e. The first-order chi connectivity index (χ1) is 13.9. The van der Waals surface area contributed by atoms with E-state index in [1.165, 1.54) is 29.6 Å². The highest BCUT2D eigenvalue weighted by atomic mass is 35.5. The van der Waals surface area contributed by atoms with Gasteiger partial charge in [-0.3, -0.25) is 4.79 Å². The number of alkyl halides is 3. The summed E-state index contributed by atoms with van der Waals surface area (Å²) in [5.41, 5.74) is -2.63. The summed E-state index contributed by atoms with van der Waals surface area (Å²) in [4.78, 5) is 25.2. The van der Waals surface area contributed by atoms with E-state index in [1.807, 2.05) is 13.8 Å². The number of ketones is 1. The topological polar surface area (TPSA) is 78.4 Å². The molecule has 1 saturated heterocycles.